The minimum absolute atomic E-state index is 0.0119. The van der Waals surface area contributed by atoms with Gasteiger partial charge in [-0.25, -0.2) is 0 Å². The monoisotopic (exact) mass is 214 g/mol. The smallest absolute Gasteiger partial charge is 0.237 e. The molecule has 4 nitrogen and oxygen atoms in total. The van der Waals surface area contributed by atoms with Gasteiger partial charge >= 0.3 is 0 Å². The standard InChI is InChI=1S/C11H22N2O2/c1-3-11(2,8-14)13-10(15)9-6-4-5-7-12-9/h9,12,14H,3-8H2,1-2H3,(H,13,15). The summed E-state index contributed by atoms with van der Waals surface area (Å²) in [7, 11) is 0. The summed E-state index contributed by atoms with van der Waals surface area (Å²) in [5.41, 5.74) is -0.476. The Morgan fingerprint density at radius 3 is 2.80 bits per heavy atom. The number of amides is 1. The second-order valence-electron chi connectivity index (χ2n) is 4.56. The van der Waals surface area contributed by atoms with Crippen LogP contribution in [0.1, 0.15) is 39.5 Å². The third kappa shape index (κ3) is 3.47. The van der Waals surface area contributed by atoms with Crippen LogP contribution in [0.25, 0.3) is 0 Å². The predicted octanol–water partition coefficient (Wildman–Crippen LogP) is 0.406. The Labute approximate surface area is 91.4 Å². The van der Waals surface area contributed by atoms with Gasteiger partial charge in [-0.2, -0.15) is 0 Å². The van der Waals surface area contributed by atoms with Gasteiger partial charge in [0.25, 0.3) is 0 Å². The van der Waals surface area contributed by atoms with Gasteiger partial charge in [-0.05, 0) is 32.7 Å². The zero-order valence-electron chi connectivity index (χ0n) is 9.68. The maximum atomic E-state index is 11.8. The first kappa shape index (κ1) is 12.5. The van der Waals surface area contributed by atoms with Crippen LogP contribution in [0.2, 0.25) is 0 Å². The van der Waals surface area contributed by atoms with Crippen molar-refractivity contribution in [3.05, 3.63) is 0 Å². The molecule has 0 saturated carbocycles. The molecule has 1 rings (SSSR count). The average Bonchev–Trinajstić information content (AvgIpc) is 2.30. The second-order valence-corrected chi connectivity index (χ2v) is 4.56. The molecule has 1 saturated heterocycles. The molecule has 0 aliphatic carbocycles. The minimum atomic E-state index is -0.476. The SMILES string of the molecule is CCC(C)(CO)NC(=O)C1CCCCN1. The lowest BCUT2D eigenvalue weighted by Crippen LogP contribution is -2.55. The molecule has 0 bridgehead atoms. The number of rotatable bonds is 4. The summed E-state index contributed by atoms with van der Waals surface area (Å²) in [4.78, 5) is 11.8. The first-order chi connectivity index (χ1) is 7.11. The largest absolute Gasteiger partial charge is 0.394 e. The minimum Gasteiger partial charge on any atom is -0.394 e. The number of carbonyl (C=O) groups excluding carboxylic acids is 1. The van der Waals surface area contributed by atoms with Crippen LogP contribution in [-0.4, -0.2) is 35.7 Å². The molecule has 0 aromatic carbocycles. The normalized spacial score (nSPS) is 25.7. The Bertz CT molecular complexity index is 209. The summed E-state index contributed by atoms with van der Waals surface area (Å²) in [5.74, 6) is 0.0214. The highest BCUT2D eigenvalue weighted by atomic mass is 16.3. The highest BCUT2D eigenvalue weighted by Gasteiger charge is 2.28. The number of hydrogen-bond donors (Lipinski definition) is 3. The third-order valence-corrected chi connectivity index (χ3v) is 3.18. The van der Waals surface area contributed by atoms with Crippen molar-refractivity contribution in [2.75, 3.05) is 13.2 Å². The highest BCUT2D eigenvalue weighted by Crippen LogP contribution is 2.11. The first-order valence-corrected chi connectivity index (χ1v) is 5.77. The van der Waals surface area contributed by atoms with Crippen LogP contribution in [0, 0.1) is 0 Å². The van der Waals surface area contributed by atoms with E-state index < -0.39 is 5.54 Å². The van der Waals surface area contributed by atoms with E-state index in [0.29, 0.717) is 0 Å². The summed E-state index contributed by atoms with van der Waals surface area (Å²) in [5, 5.41) is 15.3. The van der Waals surface area contributed by atoms with E-state index in [1.165, 1.54) is 0 Å². The molecule has 1 fully saturated rings. The summed E-state index contributed by atoms with van der Waals surface area (Å²) >= 11 is 0. The fourth-order valence-corrected chi connectivity index (χ4v) is 1.70. The molecular formula is C11H22N2O2. The van der Waals surface area contributed by atoms with Crippen LogP contribution in [0.15, 0.2) is 0 Å². The van der Waals surface area contributed by atoms with E-state index in [2.05, 4.69) is 10.6 Å². The lowest BCUT2D eigenvalue weighted by atomic mass is 9.98. The molecular weight excluding hydrogens is 192 g/mol. The van der Waals surface area contributed by atoms with E-state index in [-0.39, 0.29) is 18.6 Å². The number of aliphatic hydroxyl groups excluding tert-OH is 1. The summed E-state index contributed by atoms with van der Waals surface area (Å²) in [6, 6.07) is -0.0730. The molecule has 0 radical (unpaired) electrons. The van der Waals surface area contributed by atoms with Crippen LogP contribution >= 0.6 is 0 Å². The molecule has 0 aromatic heterocycles. The van der Waals surface area contributed by atoms with Crippen molar-refractivity contribution in [1.29, 1.82) is 0 Å². The van der Waals surface area contributed by atoms with Gasteiger partial charge < -0.3 is 15.7 Å². The highest BCUT2D eigenvalue weighted by molar-refractivity contribution is 5.82. The molecule has 4 heteroatoms. The van der Waals surface area contributed by atoms with Crippen LogP contribution in [-0.2, 0) is 4.79 Å². The van der Waals surface area contributed by atoms with Crippen molar-refractivity contribution >= 4 is 5.91 Å². The lowest BCUT2D eigenvalue weighted by Gasteiger charge is -2.31. The Kier molecular flexibility index (Phi) is 4.54. The quantitative estimate of drug-likeness (QED) is 0.635. The topological polar surface area (TPSA) is 61.4 Å². The van der Waals surface area contributed by atoms with Crippen LogP contribution in [0.5, 0.6) is 0 Å². The van der Waals surface area contributed by atoms with Crippen molar-refractivity contribution in [2.45, 2.75) is 51.1 Å². The van der Waals surface area contributed by atoms with Gasteiger partial charge in [0.05, 0.1) is 18.2 Å². The van der Waals surface area contributed by atoms with E-state index in [1.54, 1.807) is 0 Å². The maximum absolute atomic E-state index is 11.8. The van der Waals surface area contributed by atoms with Gasteiger partial charge in [-0.15, -0.1) is 0 Å². The Morgan fingerprint density at radius 2 is 2.33 bits per heavy atom. The van der Waals surface area contributed by atoms with Crippen molar-refractivity contribution in [2.24, 2.45) is 0 Å². The summed E-state index contributed by atoms with van der Waals surface area (Å²) in [6.45, 7) is 4.74. The summed E-state index contributed by atoms with van der Waals surface area (Å²) < 4.78 is 0. The third-order valence-electron chi connectivity index (χ3n) is 3.18. The first-order valence-electron chi connectivity index (χ1n) is 5.77. The number of piperidine rings is 1. The van der Waals surface area contributed by atoms with Gasteiger partial charge in [-0.1, -0.05) is 13.3 Å². The molecule has 3 N–H and O–H groups in total. The Morgan fingerprint density at radius 1 is 1.60 bits per heavy atom. The van der Waals surface area contributed by atoms with Crippen molar-refractivity contribution < 1.29 is 9.90 Å². The molecule has 2 unspecified atom stereocenters. The van der Waals surface area contributed by atoms with Crippen LogP contribution in [0.4, 0.5) is 0 Å². The molecule has 15 heavy (non-hydrogen) atoms. The zero-order valence-corrected chi connectivity index (χ0v) is 9.68. The summed E-state index contributed by atoms with van der Waals surface area (Å²) in [6.07, 6.45) is 3.89. The van der Waals surface area contributed by atoms with Crippen LogP contribution < -0.4 is 10.6 Å². The number of hydrogen-bond acceptors (Lipinski definition) is 3. The van der Waals surface area contributed by atoms with Crippen molar-refractivity contribution in [3.63, 3.8) is 0 Å². The molecule has 1 heterocycles. The number of aliphatic hydroxyl groups is 1. The average molecular weight is 214 g/mol. The van der Waals surface area contributed by atoms with Crippen molar-refractivity contribution in [1.82, 2.24) is 10.6 Å². The van der Waals surface area contributed by atoms with Gasteiger partial charge in [-0.3, -0.25) is 4.79 Å². The van der Waals surface area contributed by atoms with Gasteiger partial charge in [0.1, 0.15) is 0 Å². The van der Waals surface area contributed by atoms with Gasteiger partial charge in [0.15, 0.2) is 0 Å². The lowest BCUT2D eigenvalue weighted by molar-refractivity contribution is -0.126. The predicted molar refractivity (Wildman–Crippen MR) is 59.6 cm³/mol. The molecule has 1 aliphatic rings. The van der Waals surface area contributed by atoms with Gasteiger partial charge in [0, 0.05) is 0 Å². The molecule has 0 spiro atoms. The van der Waals surface area contributed by atoms with E-state index in [0.717, 1.165) is 32.2 Å². The Balaban J connectivity index is 2.46. The number of carbonyl (C=O) groups is 1. The number of nitrogens with one attached hydrogen (secondary N) is 2. The van der Waals surface area contributed by atoms with E-state index >= 15 is 0 Å². The maximum Gasteiger partial charge on any atom is 0.237 e. The van der Waals surface area contributed by atoms with Crippen molar-refractivity contribution in [3.8, 4) is 0 Å². The van der Waals surface area contributed by atoms with Gasteiger partial charge in [0.2, 0.25) is 5.91 Å². The van der Waals surface area contributed by atoms with E-state index in [9.17, 15) is 9.90 Å². The second kappa shape index (κ2) is 5.47. The van der Waals surface area contributed by atoms with Crippen LogP contribution in [0.3, 0.4) is 0 Å². The molecule has 0 aromatic rings. The fraction of sp³-hybridized carbons (Fsp3) is 0.909. The molecule has 1 aliphatic heterocycles. The molecule has 2 atom stereocenters. The van der Waals surface area contributed by atoms with E-state index in [1.807, 2.05) is 13.8 Å². The molecule has 1 amide bonds. The van der Waals surface area contributed by atoms with E-state index in [4.69, 9.17) is 0 Å². The molecule has 88 valence electrons. The fourth-order valence-electron chi connectivity index (χ4n) is 1.70. The zero-order chi connectivity index (χ0) is 11.3. The Hall–Kier alpha value is -0.610.